The molecule has 0 bridgehead atoms. The minimum Gasteiger partial charge on any atom is -0.462 e. The summed E-state index contributed by atoms with van der Waals surface area (Å²) in [4.78, 5) is 38.1. The van der Waals surface area contributed by atoms with Gasteiger partial charge in [-0.1, -0.05) is 240 Å². The number of esters is 3. The van der Waals surface area contributed by atoms with Crippen molar-refractivity contribution in [1.82, 2.24) is 0 Å². The van der Waals surface area contributed by atoms with Crippen LogP contribution < -0.4 is 0 Å². The average Bonchev–Trinajstić information content (AvgIpc) is 3.34. The van der Waals surface area contributed by atoms with Crippen molar-refractivity contribution >= 4 is 17.9 Å². The van der Waals surface area contributed by atoms with Gasteiger partial charge in [0.25, 0.3) is 0 Å². The van der Waals surface area contributed by atoms with E-state index in [1.165, 1.54) is 83.5 Å². The molecule has 0 aliphatic rings. The largest absolute Gasteiger partial charge is 0.462 e. The summed E-state index contributed by atoms with van der Waals surface area (Å²) in [6.07, 6.45) is 73.9. The normalized spacial score (nSPS) is 12.8. The first-order valence-electron chi connectivity index (χ1n) is 28.2. The molecule has 0 aromatic carbocycles. The van der Waals surface area contributed by atoms with Crippen LogP contribution in [-0.4, -0.2) is 37.2 Å². The fraction of sp³-hybridized carbons (Fsp3) is 0.694. The molecule has 388 valence electrons. The third kappa shape index (κ3) is 53.3. The third-order valence-electron chi connectivity index (χ3n) is 11.8. The Bertz CT molecular complexity index is 1360. The number of hydrogen-bond donors (Lipinski definition) is 0. The molecule has 0 fully saturated rings. The monoisotopic (exact) mass is 945 g/mol. The predicted octanol–water partition coefficient (Wildman–Crippen LogP) is 18.9. The van der Waals surface area contributed by atoms with Crippen LogP contribution in [0.1, 0.15) is 258 Å². The molecule has 0 saturated heterocycles. The number of rotatable bonds is 50. The molecule has 0 aromatic rings. The number of hydrogen-bond acceptors (Lipinski definition) is 6. The van der Waals surface area contributed by atoms with E-state index in [0.29, 0.717) is 19.3 Å². The van der Waals surface area contributed by atoms with Gasteiger partial charge in [-0.2, -0.15) is 0 Å². The maximum atomic E-state index is 12.9. The zero-order chi connectivity index (χ0) is 49.3. The molecule has 0 N–H and O–H groups in total. The molecule has 0 aromatic heterocycles. The second-order valence-corrected chi connectivity index (χ2v) is 18.4. The van der Waals surface area contributed by atoms with E-state index in [0.717, 1.165) is 135 Å². The topological polar surface area (TPSA) is 78.9 Å². The Labute approximate surface area is 419 Å². The van der Waals surface area contributed by atoms with E-state index in [2.05, 4.69) is 118 Å². The fourth-order valence-corrected chi connectivity index (χ4v) is 7.66. The molecule has 0 spiro atoms. The van der Waals surface area contributed by atoms with E-state index in [1.807, 2.05) is 0 Å². The summed E-state index contributed by atoms with van der Waals surface area (Å²) in [5, 5.41) is 0. The van der Waals surface area contributed by atoms with Gasteiger partial charge in [0.15, 0.2) is 6.10 Å². The quantitative estimate of drug-likeness (QED) is 0.0262. The molecular formula is C62H104O6. The van der Waals surface area contributed by atoms with E-state index >= 15 is 0 Å². The Morgan fingerprint density at radius 2 is 0.574 bits per heavy atom. The van der Waals surface area contributed by atoms with Gasteiger partial charge in [-0.25, -0.2) is 0 Å². The van der Waals surface area contributed by atoms with Crippen LogP contribution in [0.5, 0.6) is 0 Å². The molecule has 0 rings (SSSR count). The van der Waals surface area contributed by atoms with Gasteiger partial charge in [0.05, 0.1) is 0 Å². The molecule has 6 nitrogen and oxygen atoms in total. The number of ether oxygens (including phenoxy) is 3. The highest BCUT2D eigenvalue weighted by atomic mass is 16.6. The highest BCUT2D eigenvalue weighted by molar-refractivity contribution is 5.71. The van der Waals surface area contributed by atoms with Crippen molar-refractivity contribution in [3.05, 3.63) is 97.2 Å². The summed E-state index contributed by atoms with van der Waals surface area (Å²) >= 11 is 0. The van der Waals surface area contributed by atoms with Gasteiger partial charge in [-0.3, -0.25) is 14.4 Å². The lowest BCUT2D eigenvalue weighted by Crippen LogP contribution is -2.30. The molecule has 1 atom stereocenters. The molecule has 6 heteroatoms. The van der Waals surface area contributed by atoms with Gasteiger partial charge in [0, 0.05) is 19.3 Å². The van der Waals surface area contributed by atoms with E-state index in [4.69, 9.17) is 14.2 Å². The Balaban J connectivity index is 4.42. The van der Waals surface area contributed by atoms with Crippen LogP contribution in [0.2, 0.25) is 0 Å². The number of allylic oxidation sites excluding steroid dienone is 16. The molecule has 0 aliphatic heterocycles. The van der Waals surface area contributed by atoms with Crippen molar-refractivity contribution in [3.8, 4) is 0 Å². The predicted molar refractivity (Wildman–Crippen MR) is 293 cm³/mol. The van der Waals surface area contributed by atoms with Crippen LogP contribution in [0.3, 0.4) is 0 Å². The molecular weight excluding hydrogens is 841 g/mol. The standard InChI is InChI=1S/C62H104O6/c1-4-7-10-13-16-19-22-25-27-29-31-33-35-37-40-43-46-49-52-55-61(64)67-58-59(57-66-60(63)54-51-48-45-42-39-24-21-18-15-12-9-6-3)68-62(65)56-53-50-47-44-41-38-36-34-32-30-28-26-23-20-17-14-11-8-5-2/h7-8,10-11,16-17,19-20,25-28,31-34,59H,4-6,9,12-15,18,21-24,29-30,35-58H2,1-3H3/b10-7-,11-8-,19-16-,20-17-,27-25-,28-26-,33-31-,34-32-. The lowest BCUT2D eigenvalue weighted by Gasteiger charge is -2.18. The van der Waals surface area contributed by atoms with Crippen molar-refractivity contribution in [3.63, 3.8) is 0 Å². The third-order valence-corrected chi connectivity index (χ3v) is 11.8. The van der Waals surface area contributed by atoms with E-state index in [-0.39, 0.29) is 31.1 Å². The second kappa shape index (κ2) is 55.9. The molecule has 0 heterocycles. The van der Waals surface area contributed by atoms with Gasteiger partial charge in [0.2, 0.25) is 0 Å². The smallest absolute Gasteiger partial charge is 0.306 e. The Morgan fingerprint density at radius 3 is 0.897 bits per heavy atom. The minimum absolute atomic E-state index is 0.0870. The van der Waals surface area contributed by atoms with Crippen LogP contribution >= 0.6 is 0 Å². The lowest BCUT2D eigenvalue weighted by atomic mass is 10.0. The van der Waals surface area contributed by atoms with Crippen molar-refractivity contribution < 1.29 is 28.6 Å². The van der Waals surface area contributed by atoms with Crippen LogP contribution in [0.4, 0.5) is 0 Å². The molecule has 0 aliphatic carbocycles. The first-order chi connectivity index (χ1) is 33.5. The summed E-state index contributed by atoms with van der Waals surface area (Å²) in [7, 11) is 0. The van der Waals surface area contributed by atoms with Gasteiger partial charge in [-0.05, 0) is 96.3 Å². The maximum Gasteiger partial charge on any atom is 0.306 e. The highest BCUT2D eigenvalue weighted by Gasteiger charge is 2.19. The van der Waals surface area contributed by atoms with Crippen molar-refractivity contribution in [2.75, 3.05) is 13.2 Å². The van der Waals surface area contributed by atoms with Crippen LogP contribution in [0, 0.1) is 0 Å². The van der Waals surface area contributed by atoms with Crippen molar-refractivity contribution in [2.24, 2.45) is 0 Å². The van der Waals surface area contributed by atoms with E-state index < -0.39 is 6.10 Å². The zero-order valence-corrected chi connectivity index (χ0v) is 44.3. The average molecular weight is 946 g/mol. The molecule has 0 radical (unpaired) electrons. The summed E-state index contributed by atoms with van der Waals surface area (Å²) < 4.78 is 16.8. The molecule has 1 unspecified atom stereocenters. The van der Waals surface area contributed by atoms with E-state index in [1.54, 1.807) is 0 Å². The minimum atomic E-state index is -0.791. The van der Waals surface area contributed by atoms with Crippen molar-refractivity contribution in [1.29, 1.82) is 0 Å². The van der Waals surface area contributed by atoms with Gasteiger partial charge < -0.3 is 14.2 Å². The van der Waals surface area contributed by atoms with Gasteiger partial charge >= 0.3 is 17.9 Å². The van der Waals surface area contributed by atoms with Crippen molar-refractivity contribution in [2.45, 2.75) is 264 Å². The van der Waals surface area contributed by atoms with Crippen LogP contribution in [0.15, 0.2) is 97.2 Å². The Hall–Kier alpha value is -3.67. The SMILES string of the molecule is CC/C=C\C/C=C\C/C=C\C/C=C\CCCCCCCCC(=O)OCC(COC(=O)CCCCCCCCCCCCCC)OC(=O)CCCCCCCC/C=C\C/C=C\C/C=C\C/C=C\CC. The summed E-state index contributed by atoms with van der Waals surface area (Å²) in [6, 6.07) is 0. The van der Waals surface area contributed by atoms with Crippen LogP contribution in [0.25, 0.3) is 0 Å². The molecule has 68 heavy (non-hydrogen) atoms. The summed E-state index contributed by atoms with van der Waals surface area (Å²) in [5.41, 5.74) is 0. The summed E-state index contributed by atoms with van der Waals surface area (Å²) in [5.74, 6) is -0.913. The number of unbranched alkanes of at least 4 members (excludes halogenated alkanes) is 23. The highest BCUT2D eigenvalue weighted by Crippen LogP contribution is 2.15. The van der Waals surface area contributed by atoms with Gasteiger partial charge in [0.1, 0.15) is 13.2 Å². The first-order valence-corrected chi connectivity index (χ1v) is 28.2. The lowest BCUT2D eigenvalue weighted by molar-refractivity contribution is -0.167. The van der Waals surface area contributed by atoms with Crippen LogP contribution in [-0.2, 0) is 28.6 Å². The molecule has 0 saturated carbocycles. The van der Waals surface area contributed by atoms with Gasteiger partial charge in [-0.15, -0.1) is 0 Å². The zero-order valence-electron chi connectivity index (χ0n) is 44.3. The maximum absolute atomic E-state index is 12.9. The van der Waals surface area contributed by atoms with E-state index in [9.17, 15) is 14.4 Å². The Kier molecular flexibility index (Phi) is 52.9. The number of carbonyl (C=O) groups excluding carboxylic acids is 3. The number of carbonyl (C=O) groups is 3. The first kappa shape index (κ1) is 64.3. The fourth-order valence-electron chi connectivity index (χ4n) is 7.66. The molecule has 0 amide bonds. The summed E-state index contributed by atoms with van der Waals surface area (Å²) in [6.45, 7) is 6.39. The Morgan fingerprint density at radius 1 is 0.309 bits per heavy atom. The second-order valence-electron chi connectivity index (χ2n) is 18.4.